The van der Waals surface area contributed by atoms with Gasteiger partial charge in [0, 0.05) is 64.8 Å². The first-order valence-corrected chi connectivity index (χ1v) is 10.4. The number of hydrogen-bond acceptors (Lipinski definition) is 5. The van der Waals surface area contributed by atoms with Crippen molar-refractivity contribution in [1.82, 2.24) is 19.2 Å². The molecule has 0 bridgehead atoms. The molecule has 1 aliphatic rings. The van der Waals surface area contributed by atoms with Crippen molar-refractivity contribution in [3.05, 3.63) is 66.1 Å². The van der Waals surface area contributed by atoms with Gasteiger partial charge >= 0.3 is 0 Å². The lowest BCUT2D eigenvalue weighted by Crippen LogP contribution is -2.47. The van der Waals surface area contributed by atoms with Gasteiger partial charge in [-0.15, -0.1) is 0 Å². The summed E-state index contributed by atoms with van der Waals surface area (Å²) in [5.74, 6) is 1.13. The average Bonchev–Trinajstić information content (AvgIpc) is 3.21. The zero-order valence-electron chi connectivity index (χ0n) is 17.7. The van der Waals surface area contributed by atoms with Crippen LogP contribution in [-0.4, -0.2) is 78.6 Å². The molecule has 1 aliphatic heterocycles. The molecule has 0 radical (unpaired) electrons. The number of aromatic nitrogens is 2. The predicted octanol–water partition coefficient (Wildman–Crippen LogP) is 2.37. The number of hydrogen-bond donors (Lipinski definition) is 0. The number of rotatable bonds is 7. The van der Waals surface area contributed by atoms with E-state index in [-0.39, 0.29) is 5.91 Å². The Morgan fingerprint density at radius 3 is 2.63 bits per heavy atom. The number of piperazine rings is 1. The maximum Gasteiger partial charge on any atom is 0.255 e. The Balaban J connectivity index is 1.48. The number of anilines is 1. The van der Waals surface area contributed by atoms with Gasteiger partial charge in [0.05, 0.1) is 24.4 Å². The number of carbonyl (C=O) groups excluding carboxylic acids is 1. The fourth-order valence-corrected chi connectivity index (χ4v) is 3.92. The minimum atomic E-state index is -0.00779. The first kappa shape index (κ1) is 20.4. The van der Waals surface area contributed by atoms with Gasteiger partial charge in [0.15, 0.2) is 0 Å². The topological polar surface area (TPSA) is 53.3 Å². The molecule has 0 spiro atoms. The summed E-state index contributed by atoms with van der Waals surface area (Å²) in [6.45, 7) is 6.19. The molecule has 4 heterocycles. The Bertz CT molecular complexity index is 980. The standard InChI is InChI=1S/C23H29N5O2/c1-25(18-20-5-3-4-10-24-20)23(29)19-6-7-21-8-9-22(28(21)17-19)27-13-11-26(12-14-27)15-16-30-2/h3-10,17H,11-16,18H2,1-2H3. The molecular formula is C23H29N5O2. The summed E-state index contributed by atoms with van der Waals surface area (Å²) in [6.07, 6.45) is 3.71. The molecule has 4 rings (SSSR count). The van der Waals surface area contributed by atoms with E-state index in [4.69, 9.17) is 4.74 Å². The van der Waals surface area contributed by atoms with Crippen molar-refractivity contribution in [3.8, 4) is 0 Å². The minimum Gasteiger partial charge on any atom is -0.383 e. The zero-order chi connectivity index (χ0) is 20.9. The van der Waals surface area contributed by atoms with Gasteiger partial charge in [-0.05, 0) is 36.4 Å². The van der Waals surface area contributed by atoms with Gasteiger partial charge in [0.25, 0.3) is 5.91 Å². The summed E-state index contributed by atoms with van der Waals surface area (Å²) in [6, 6.07) is 13.9. The van der Waals surface area contributed by atoms with Crippen LogP contribution in [0.25, 0.3) is 5.52 Å². The van der Waals surface area contributed by atoms with Crippen molar-refractivity contribution in [2.75, 3.05) is 58.4 Å². The fraction of sp³-hybridized carbons (Fsp3) is 0.391. The first-order chi connectivity index (χ1) is 14.7. The van der Waals surface area contributed by atoms with Gasteiger partial charge in [-0.1, -0.05) is 6.07 Å². The van der Waals surface area contributed by atoms with Gasteiger partial charge in [0.1, 0.15) is 5.82 Å². The lowest BCUT2D eigenvalue weighted by atomic mass is 10.2. The van der Waals surface area contributed by atoms with Crippen molar-refractivity contribution >= 4 is 17.2 Å². The number of fused-ring (bicyclic) bond motifs is 1. The van der Waals surface area contributed by atoms with E-state index >= 15 is 0 Å². The Morgan fingerprint density at radius 2 is 1.90 bits per heavy atom. The molecule has 0 aromatic carbocycles. The highest BCUT2D eigenvalue weighted by Gasteiger charge is 2.20. The van der Waals surface area contributed by atoms with Crippen LogP contribution in [0.4, 0.5) is 5.82 Å². The van der Waals surface area contributed by atoms with Crippen LogP contribution in [0.15, 0.2) is 54.9 Å². The smallest absolute Gasteiger partial charge is 0.255 e. The predicted molar refractivity (Wildman–Crippen MR) is 118 cm³/mol. The lowest BCUT2D eigenvalue weighted by Gasteiger charge is -2.35. The Hall–Kier alpha value is -2.90. The van der Waals surface area contributed by atoms with E-state index in [2.05, 4.69) is 31.3 Å². The van der Waals surface area contributed by atoms with E-state index in [0.717, 1.165) is 56.4 Å². The maximum absolute atomic E-state index is 13.0. The lowest BCUT2D eigenvalue weighted by molar-refractivity contribution is 0.0783. The van der Waals surface area contributed by atoms with Crippen molar-refractivity contribution < 1.29 is 9.53 Å². The molecule has 7 nitrogen and oxygen atoms in total. The average molecular weight is 408 g/mol. The SMILES string of the molecule is COCCN1CCN(c2ccc3ccc(C(=O)N(C)Cc4ccccn4)cn23)CC1. The molecule has 0 aliphatic carbocycles. The monoisotopic (exact) mass is 407 g/mol. The number of nitrogens with zero attached hydrogens (tertiary/aromatic N) is 5. The van der Waals surface area contributed by atoms with E-state index < -0.39 is 0 Å². The number of methoxy groups -OCH3 is 1. The molecule has 30 heavy (non-hydrogen) atoms. The summed E-state index contributed by atoms with van der Waals surface area (Å²) in [7, 11) is 3.56. The zero-order valence-corrected chi connectivity index (χ0v) is 17.7. The van der Waals surface area contributed by atoms with Crippen LogP contribution >= 0.6 is 0 Å². The minimum absolute atomic E-state index is 0.00779. The molecule has 3 aromatic rings. The van der Waals surface area contributed by atoms with Gasteiger partial charge in [0.2, 0.25) is 0 Å². The van der Waals surface area contributed by atoms with Gasteiger partial charge < -0.3 is 18.9 Å². The molecule has 158 valence electrons. The molecule has 0 N–H and O–H groups in total. The Morgan fingerprint density at radius 1 is 1.10 bits per heavy atom. The third-order valence-electron chi connectivity index (χ3n) is 5.66. The Labute approximate surface area is 177 Å². The third kappa shape index (κ3) is 4.47. The summed E-state index contributed by atoms with van der Waals surface area (Å²) < 4.78 is 7.33. The van der Waals surface area contributed by atoms with Gasteiger partial charge in [-0.25, -0.2) is 0 Å². The second-order valence-corrected chi connectivity index (χ2v) is 7.71. The number of ether oxygens (including phenoxy) is 1. The highest BCUT2D eigenvalue weighted by molar-refractivity contribution is 5.94. The summed E-state index contributed by atoms with van der Waals surface area (Å²) in [4.78, 5) is 23.8. The molecule has 0 atom stereocenters. The Kier molecular flexibility index (Phi) is 6.30. The highest BCUT2D eigenvalue weighted by atomic mass is 16.5. The van der Waals surface area contributed by atoms with Gasteiger partial charge in [-0.2, -0.15) is 0 Å². The maximum atomic E-state index is 13.0. The second kappa shape index (κ2) is 9.28. The summed E-state index contributed by atoms with van der Waals surface area (Å²) in [5, 5.41) is 0. The molecule has 1 saturated heterocycles. The molecule has 1 fully saturated rings. The van der Waals surface area contributed by atoms with Crippen molar-refractivity contribution in [2.45, 2.75) is 6.54 Å². The van der Waals surface area contributed by atoms with Crippen LogP contribution in [0.5, 0.6) is 0 Å². The molecule has 7 heteroatoms. The number of pyridine rings is 2. The quantitative estimate of drug-likeness (QED) is 0.602. The van der Waals surface area contributed by atoms with Crippen LogP contribution < -0.4 is 4.90 Å². The van der Waals surface area contributed by atoms with Crippen molar-refractivity contribution in [3.63, 3.8) is 0 Å². The molecule has 0 unspecified atom stereocenters. The van der Waals surface area contributed by atoms with Crippen LogP contribution in [0, 0.1) is 0 Å². The van der Waals surface area contributed by atoms with E-state index in [0.29, 0.717) is 12.1 Å². The van der Waals surface area contributed by atoms with Crippen LogP contribution in [0.3, 0.4) is 0 Å². The molecular weight excluding hydrogens is 378 g/mol. The third-order valence-corrected chi connectivity index (χ3v) is 5.66. The van der Waals surface area contributed by atoms with Crippen LogP contribution in [0.2, 0.25) is 0 Å². The normalized spacial score (nSPS) is 14.9. The number of carbonyl (C=O) groups is 1. The van der Waals surface area contributed by atoms with E-state index in [9.17, 15) is 4.79 Å². The van der Waals surface area contributed by atoms with Crippen LogP contribution in [-0.2, 0) is 11.3 Å². The summed E-state index contributed by atoms with van der Waals surface area (Å²) >= 11 is 0. The highest BCUT2D eigenvalue weighted by Crippen LogP contribution is 2.22. The van der Waals surface area contributed by atoms with Crippen molar-refractivity contribution in [2.24, 2.45) is 0 Å². The van der Waals surface area contributed by atoms with Crippen molar-refractivity contribution in [1.29, 1.82) is 0 Å². The molecule has 1 amide bonds. The largest absolute Gasteiger partial charge is 0.383 e. The molecule has 3 aromatic heterocycles. The van der Waals surface area contributed by atoms with E-state index in [1.54, 1.807) is 18.2 Å². The molecule has 0 saturated carbocycles. The fourth-order valence-electron chi connectivity index (χ4n) is 3.92. The van der Waals surface area contributed by atoms with E-state index in [1.165, 1.54) is 0 Å². The summed E-state index contributed by atoms with van der Waals surface area (Å²) in [5.41, 5.74) is 2.65. The van der Waals surface area contributed by atoms with Gasteiger partial charge in [-0.3, -0.25) is 14.7 Å². The van der Waals surface area contributed by atoms with E-state index in [1.807, 2.05) is 43.6 Å². The second-order valence-electron chi connectivity index (χ2n) is 7.71. The number of amides is 1. The van der Waals surface area contributed by atoms with Crippen LogP contribution in [0.1, 0.15) is 16.1 Å². The first-order valence-electron chi connectivity index (χ1n) is 10.4.